The van der Waals surface area contributed by atoms with Crippen molar-refractivity contribution < 1.29 is 9.18 Å². The van der Waals surface area contributed by atoms with Crippen LogP contribution in [0.15, 0.2) is 23.3 Å². The number of nitrogens with one attached hydrogen (secondary N) is 1. The molecule has 0 aliphatic heterocycles. The van der Waals surface area contributed by atoms with E-state index in [0.717, 1.165) is 5.56 Å². The molecule has 0 fully saturated rings. The number of hydrogen-bond donors (Lipinski definition) is 2. The van der Waals surface area contributed by atoms with Gasteiger partial charge in [-0.25, -0.2) is 4.39 Å². The van der Waals surface area contributed by atoms with E-state index in [1.165, 1.54) is 6.07 Å². The molecule has 6 nitrogen and oxygen atoms in total. The van der Waals surface area contributed by atoms with E-state index in [1.807, 2.05) is 0 Å². The molecule has 0 aromatic heterocycles. The van der Waals surface area contributed by atoms with Gasteiger partial charge in [0.1, 0.15) is 11.9 Å². The van der Waals surface area contributed by atoms with Gasteiger partial charge in [-0.3, -0.25) is 4.79 Å². The lowest BCUT2D eigenvalue weighted by Gasteiger charge is -2.16. The first-order valence-electron chi connectivity index (χ1n) is 5.36. The van der Waals surface area contributed by atoms with E-state index in [-0.39, 0.29) is 18.7 Å². The summed E-state index contributed by atoms with van der Waals surface area (Å²) in [6.45, 7) is 2.19. The lowest BCUT2D eigenvalue weighted by atomic mass is 10.0. The molecule has 3 N–H and O–H groups in total. The first-order valence-corrected chi connectivity index (χ1v) is 5.36. The number of aryl methyl sites for hydroxylation is 1. The number of carbonyl (C=O) groups excluding carboxylic acids is 1. The Morgan fingerprint density at radius 1 is 1.67 bits per heavy atom. The number of nitrogens with zero attached hydrogens (tertiary/aromatic N) is 3. The molecule has 0 aliphatic carbocycles. The minimum Gasteiger partial charge on any atom is -0.368 e. The Balaban J connectivity index is 2.87. The van der Waals surface area contributed by atoms with Gasteiger partial charge < -0.3 is 11.1 Å². The van der Waals surface area contributed by atoms with E-state index >= 15 is 0 Å². The first-order chi connectivity index (χ1) is 8.56. The van der Waals surface area contributed by atoms with Gasteiger partial charge in [0.15, 0.2) is 0 Å². The summed E-state index contributed by atoms with van der Waals surface area (Å²) in [5.41, 5.74) is 14.4. The molecule has 0 aliphatic rings. The van der Waals surface area contributed by atoms with E-state index in [2.05, 4.69) is 15.3 Å². The number of rotatable bonds is 6. The average Bonchev–Trinajstić information content (AvgIpc) is 2.32. The number of hydrogen-bond acceptors (Lipinski definition) is 3. The fourth-order valence-corrected chi connectivity index (χ4v) is 1.55. The van der Waals surface area contributed by atoms with Crippen LogP contribution in [0.3, 0.4) is 0 Å². The fourth-order valence-electron chi connectivity index (χ4n) is 1.55. The Bertz CT molecular complexity index is 484. The zero-order chi connectivity index (χ0) is 13.5. The number of nitrogens with two attached hydrogens (primary N) is 1. The van der Waals surface area contributed by atoms with E-state index < -0.39 is 17.8 Å². The minimum absolute atomic E-state index is 0.160. The number of benzene rings is 1. The molecule has 1 aromatic rings. The van der Waals surface area contributed by atoms with Crippen molar-refractivity contribution in [1.82, 2.24) is 5.32 Å². The maximum atomic E-state index is 13.6. The maximum absolute atomic E-state index is 13.6. The van der Waals surface area contributed by atoms with Crippen molar-refractivity contribution in [3.8, 4) is 0 Å². The second-order valence-electron chi connectivity index (χ2n) is 3.77. The van der Waals surface area contributed by atoms with Crippen molar-refractivity contribution in [2.45, 2.75) is 13.0 Å². The summed E-state index contributed by atoms with van der Waals surface area (Å²) < 4.78 is 13.6. The summed E-state index contributed by atoms with van der Waals surface area (Å²) >= 11 is 0. The molecule has 0 saturated carbocycles. The first kappa shape index (κ1) is 14.0. The number of carbonyl (C=O) groups is 1. The molecule has 0 bridgehead atoms. The van der Waals surface area contributed by atoms with Gasteiger partial charge in [-0.05, 0) is 18.5 Å². The second kappa shape index (κ2) is 6.58. The van der Waals surface area contributed by atoms with E-state index in [4.69, 9.17) is 11.3 Å². The summed E-state index contributed by atoms with van der Waals surface area (Å²) in [6.07, 6.45) is 0. The van der Waals surface area contributed by atoms with Crippen LogP contribution in [0, 0.1) is 12.7 Å². The highest BCUT2D eigenvalue weighted by atomic mass is 19.1. The van der Waals surface area contributed by atoms with Crippen LogP contribution in [0.4, 0.5) is 4.39 Å². The van der Waals surface area contributed by atoms with Crippen LogP contribution in [0.1, 0.15) is 17.2 Å². The van der Waals surface area contributed by atoms with Gasteiger partial charge in [-0.1, -0.05) is 22.8 Å². The van der Waals surface area contributed by atoms with Crippen molar-refractivity contribution in [3.05, 3.63) is 45.6 Å². The largest absolute Gasteiger partial charge is 0.368 e. The average molecular weight is 251 g/mol. The third kappa shape index (κ3) is 3.73. The third-order valence-corrected chi connectivity index (χ3v) is 2.37. The molecule has 0 saturated heterocycles. The summed E-state index contributed by atoms with van der Waals surface area (Å²) in [7, 11) is 0. The van der Waals surface area contributed by atoms with Crippen LogP contribution in [0.25, 0.3) is 10.4 Å². The quantitative estimate of drug-likeness (QED) is 0.346. The van der Waals surface area contributed by atoms with E-state index in [9.17, 15) is 9.18 Å². The monoisotopic (exact) mass is 251 g/mol. The molecule has 7 heteroatoms. The zero-order valence-corrected chi connectivity index (χ0v) is 9.93. The molecule has 1 atom stereocenters. The van der Waals surface area contributed by atoms with Crippen molar-refractivity contribution in [2.75, 3.05) is 13.1 Å². The third-order valence-electron chi connectivity index (χ3n) is 2.37. The van der Waals surface area contributed by atoms with Gasteiger partial charge in [0.05, 0.1) is 0 Å². The van der Waals surface area contributed by atoms with Crippen LogP contribution < -0.4 is 11.1 Å². The zero-order valence-electron chi connectivity index (χ0n) is 9.93. The van der Waals surface area contributed by atoms with Crippen LogP contribution in [-0.4, -0.2) is 19.0 Å². The fraction of sp³-hybridized carbons (Fsp3) is 0.364. The Hall–Kier alpha value is -2.11. The molecule has 1 unspecified atom stereocenters. The Morgan fingerprint density at radius 2 is 2.39 bits per heavy atom. The molecule has 1 amide bonds. The minimum atomic E-state index is -0.932. The molecular formula is C11H14FN5O. The molecule has 0 heterocycles. The lowest BCUT2D eigenvalue weighted by molar-refractivity contribution is -0.120. The number of halogens is 1. The van der Waals surface area contributed by atoms with Crippen LogP contribution in [0.5, 0.6) is 0 Å². The molecular weight excluding hydrogens is 237 g/mol. The Morgan fingerprint density at radius 3 is 3.00 bits per heavy atom. The predicted octanol–water partition coefficient (Wildman–Crippen LogP) is 1.56. The summed E-state index contributed by atoms with van der Waals surface area (Å²) in [4.78, 5) is 13.9. The van der Waals surface area contributed by atoms with Gasteiger partial charge in [0.25, 0.3) is 0 Å². The van der Waals surface area contributed by atoms with Crippen molar-refractivity contribution in [3.63, 3.8) is 0 Å². The number of amides is 1. The topological polar surface area (TPSA) is 104 Å². The second-order valence-corrected chi connectivity index (χ2v) is 3.77. The number of primary amides is 1. The molecule has 0 spiro atoms. The Kier molecular flexibility index (Phi) is 5.10. The van der Waals surface area contributed by atoms with Gasteiger partial charge in [0, 0.05) is 23.6 Å². The highest BCUT2D eigenvalue weighted by Crippen LogP contribution is 2.18. The van der Waals surface area contributed by atoms with Crippen molar-refractivity contribution in [2.24, 2.45) is 10.8 Å². The van der Waals surface area contributed by atoms with Crippen LogP contribution >= 0.6 is 0 Å². The smallest absolute Gasteiger partial charge is 0.239 e. The summed E-state index contributed by atoms with van der Waals surface area (Å²) in [6, 6.07) is 3.52. The van der Waals surface area contributed by atoms with Gasteiger partial charge >= 0.3 is 0 Å². The van der Waals surface area contributed by atoms with Crippen molar-refractivity contribution >= 4 is 5.91 Å². The highest BCUT2D eigenvalue weighted by molar-refractivity contribution is 5.81. The van der Waals surface area contributed by atoms with E-state index in [1.54, 1.807) is 19.1 Å². The Labute approximate surface area is 104 Å². The van der Waals surface area contributed by atoms with Gasteiger partial charge in [-0.2, -0.15) is 0 Å². The molecule has 18 heavy (non-hydrogen) atoms. The van der Waals surface area contributed by atoms with E-state index in [0.29, 0.717) is 0 Å². The van der Waals surface area contributed by atoms with Crippen molar-refractivity contribution in [1.29, 1.82) is 0 Å². The standard InChI is InChI=1S/C11H14FN5O/c1-7-2-3-9(12)8(6-7)10(11(13)18)15-4-5-16-17-14/h2-3,6,10,15H,4-5H2,1H3,(H2,13,18). The van der Waals surface area contributed by atoms with Crippen LogP contribution in [0.2, 0.25) is 0 Å². The maximum Gasteiger partial charge on any atom is 0.239 e. The SMILES string of the molecule is Cc1ccc(F)c(C(NCCN=[N+]=[N-])C(N)=O)c1. The molecule has 0 radical (unpaired) electrons. The van der Waals surface area contributed by atoms with Crippen LogP contribution in [-0.2, 0) is 4.79 Å². The summed E-state index contributed by atoms with van der Waals surface area (Å²) in [5.74, 6) is -1.18. The summed E-state index contributed by atoms with van der Waals surface area (Å²) in [5, 5.41) is 6.07. The lowest BCUT2D eigenvalue weighted by Crippen LogP contribution is -2.35. The van der Waals surface area contributed by atoms with Gasteiger partial charge in [-0.15, -0.1) is 0 Å². The molecule has 1 rings (SSSR count). The predicted molar refractivity (Wildman–Crippen MR) is 65.1 cm³/mol. The normalized spacial score (nSPS) is 11.7. The number of azide groups is 1. The van der Waals surface area contributed by atoms with Gasteiger partial charge in [0.2, 0.25) is 5.91 Å². The molecule has 1 aromatic carbocycles. The highest BCUT2D eigenvalue weighted by Gasteiger charge is 2.20. The molecule has 96 valence electrons.